The molecule has 8 heteroatoms. The van der Waals surface area contributed by atoms with Crippen LogP contribution in [-0.2, 0) is 9.59 Å². The fourth-order valence-corrected chi connectivity index (χ4v) is 3.28. The normalized spacial score (nSPS) is 14.5. The van der Waals surface area contributed by atoms with E-state index < -0.39 is 11.9 Å². The predicted octanol–water partition coefficient (Wildman–Crippen LogP) is 2.16. The highest BCUT2D eigenvalue weighted by Gasteiger charge is 2.14. The summed E-state index contributed by atoms with van der Waals surface area (Å²) in [5.41, 5.74) is 1.25. The minimum atomic E-state index is -1.26. The molecule has 24 heavy (non-hydrogen) atoms. The van der Waals surface area contributed by atoms with Crippen molar-refractivity contribution < 1.29 is 24.2 Å². The van der Waals surface area contributed by atoms with Crippen LogP contribution < -0.4 is 10.2 Å². The number of rotatable bonds is 3. The van der Waals surface area contributed by atoms with E-state index in [9.17, 15) is 14.0 Å². The molecule has 0 atom stereocenters. The number of hydrogen-bond donors (Lipinski definition) is 3. The van der Waals surface area contributed by atoms with Crippen LogP contribution in [0.4, 0.5) is 10.1 Å². The zero-order valence-electron chi connectivity index (χ0n) is 12.7. The van der Waals surface area contributed by atoms with Crippen molar-refractivity contribution in [3.8, 4) is 0 Å². The SMILES string of the molecule is Fc1ccc2c(N3CCNCC3)csc2c1.O=C(O)/C=C\C(=O)O. The number of carboxylic acid groups (broad SMARTS) is 2. The Morgan fingerprint density at radius 3 is 2.38 bits per heavy atom. The molecule has 0 amide bonds. The van der Waals surface area contributed by atoms with Crippen LogP contribution in [0.1, 0.15) is 0 Å². The molecule has 1 aliphatic heterocycles. The van der Waals surface area contributed by atoms with Crippen molar-refractivity contribution >= 4 is 39.0 Å². The van der Waals surface area contributed by atoms with Gasteiger partial charge in [0.1, 0.15) is 5.82 Å². The van der Waals surface area contributed by atoms with Crippen molar-refractivity contribution in [3.63, 3.8) is 0 Å². The molecule has 0 bridgehead atoms. The number of nitrogens with zero attached hydrogens (tertiary/aromatic N) is 1. The molecule has 3 rings (SSSR count). The zero-order chi connectivity index (χ0) is 17.5. The quantitative estimate of drug-likeness (QED) is 0.734. The van der Waals surface area contributed by atoms with Crippen molar-refractivity contribution in [2.75, 3.05) is 31.1 Å². The molecule has 1 fully saturated rings. The monoisotopic (exact) mass is 352 g/mol. The molecule has 0 saturated carbocycles. The molecule has 0 aliphatic carbocycles. The predicted molar refractivity (Wildman–Crippen MR) is 91.3 cm³/mol. The number of aliphatic carboxylic acids is 2. The van der Waals surface area contributed by atoms with Gasteiger partial charge in [0.2, 0.25) is 0 Å². The van der Waals surface area contributed by atoms with E-state index in [1.54, 1.807) is 23.5 Å². The van der Waals surface area contributed by atoms with Gasteiger partial charge in [0.05, 0.1) is 5.69 Å². The summed E-state index contributed by atoms with van der Waals surface area (Å²) in [6.07, 6.45) is 1.12. The molecule has 1 saturated heterocycles. The molecule has 0 unspecified atom stereocenters. The second kappa shape index (κ2) is 8.42. The smallest absolute Gasteiger partial charge is 0.328 e. The molecule has 2 aromatic rings. The van der Waals surface area contributed by atoms with E-state index in [2.05, 4.69) is 15.6 Å². The standard InChI is InChI=1S/C12H13FN2S.C4H4O4/c13-9-1-2-10-11(8-16-12(10)7-9)15-5-3-14-4-6-15;5-3(6)1-2-4(7)8/h1-2,7-8,14H,3-6H2;1-2H,(H,5,6)(H,7,8)/b;2-1-. The zero-order valence-corrected chi connectivity index (χ0v) is 13.6. The molecule has 6 nitrogen and oxygen atoms in total. The highest BCUT2D eigenvalue weighted by molar-refractivity contribution is 7.17. The lowest BCUT2D eigenvalue weighted by atomic mass is 10.2. The lowest BCUT2D eigenvalue weighted by Gasteiger charge is -2.28. The Labute approximate surface area is 141 Å². The Balaban J connectivity index is 0.000000224. The van der Waals surface area contributed by atoms with E-state index in [0.717, 1.165) is 30.9 Å². The van der Waals surface area contributed by atoms with E-state index in [1.807, 2.05) is 6.07 Å². The van der Waals surface area contributed by atoms with Gasteiger partial charge in [0, 0.05) is 53.8 Å². The van der Waals surface area contributed by atoms with Crippen molar-refractivity contribution in [2.45, 2.75) is 0 Å². The van der Waals surface area contributed by atoms with Gasteiger partial charge in [-0.15, -0.1) is 11.3 Å². The van der Waals surface area contributed by atoms with E-state index >= 15 is 0 Å². The van der Waals surface area contributed by atoms with E-state index in [1.165, 1.54) is 11.1 Å². The summed E-state index contributed by atoms with van der Waals surface area (Å²) in [6, 6.07) is 5.05. The van der Waals surface area contributed by atoms with E-state index in [-0.39, 0.29) is 5.82 Å². The third-order valence-electron chi connectivity index (χ3n) is 3.34. The molecule has 1 aliphatic rings. The molecule has 1 aromatic heterocycles. The number of fused-ring (bicyclic) bond motifs is 1. The lowest BCUT2D eigenvalue weighted by molar-refractivity contribution is -0.134. The van der Waals surface area contributed by atoms with Crippen LogP contribution in [0.15, 0.2) is 35.7 Å². The summed E-state index contributed by atoms with van der Waals surface area (Å²) in [5, 5.41) is 22.3. The molecular formula is C16H17FN2O4S. The van der Waals surface area contributed by atoms with Gasteiger partial charge < -0.3 is 20.4 Å². The topological polar surface area (TPSA) is 89.9 Å². The molecule has 0 spiro atoms. The number of thiophene rings is 1. The van der Waals surface area contributed by atoms with Crippen molar-refractivity contribution in [1.29, 1.82) is 0 Å². The van der Waals surface area contributed by atoms with Crippen LogP contribution in [0.25, 0.3) is 10.1 Å². The Bertz CT molecular complexity index is 738. The molecule has 0 radical (unpaired) electrons. The van der Waals surface area contributed by atoms with Crippen LogP contribution in [0, 0.1) is 5.82 Å². The Morgan fingerprint density at radius 2 is 1.79 bits per heavy atom. The number of benzene rings is 1. The van der Waals surface area contributed by atoms with Gasteiger partial charge >= 0.3 is 11.9 Å². The maximum absolute atomic E-state index is 13.1. The largest absolute Gasteiger partial charge is 0.478 e. The van der Waals surface area contributed by atoms with Crippen LogP contribution >= 0.6 is 11.3 Å². The van der Waals surface area contributed by atoms with Crippen molar-refractivity contribution in [2.24, 2.45) is 0 Å². The van der Waals surface area contributed by atoms with Crippen LogP contribution in [0.3, 0.4) is 0 Å². The lowest BCUT2D eigenvalue weighted by Crippen LogP contribution is -2.43. The fourth-order valence-electron chi connectivity index (χ4n) is 2.28. The Morgan fingerprint density at radius 1 is 1.17 bits per heavy atom. The van der Waals surface area contributed by atoms with Gasteiger partial charge in [-0.05, 0) is 18.2 Å². The van der Waals surface area contributed by atoms with Gasteiger partial charge in [-0.3, -0.25) is 0 Å². The molecule has 1 aromatic carbocycles. The first-order chi connectivity index (χ1) is 11.5. The number of carboxylic acids is 2. The number of piperazine rings is 1. The Hall–Kier alpha value is -2.45. The van der Waals surface area contributed by atoms with Crippen LogP contribution in [-0.4, -0.2) is 48.3 Å². The fraction of sp³-hybridized carbons (Fsp3) is 0.250. The summed E-state index contributed by atoms with van der Waals surface area (Å²) >= 11 is 1.62. The van der Waals surface area contributed by atoms with Gasteiger partial charge in [0.15, 0.2) is 0 Å². The minimum Gasteiger partial charge on any atom is -0.478 e. The number of carbonyl (C=O) groups is 2. The van der Waals surface area contributed by atoms with Gasteiger partial charge in [-0.1, -0.05) is 0 Å². The minimum absolute atomic E-state index is 0.152. The third-order valence-corrected chi connectivity index (χ3v) is 4.28. The van der Waals surface area contributed by atoms with Crippen LogP contribution in [0.5, 0.6) is 0 Å². The first-order valence-electron chi connectivity index (χ1n) is 7.23. The molecule has 2 heterocycles. The van der Waals surface area contributed by atoms with Gasteiger partial charge in [-0.25, -0.2) is 14.0 Å². The number of halogens is 1. The molecule has 128 valence electrons. The summed E-state index contributed by atoms with van der Waals surface area (Å²) in [4.78, 5) is 21.5. The van der Waals surface area contributed by atoms with Gasteiger partial charge in [-0.2, -0.15) is 0 Å². The molecular weight excluding hydrogens is 335 g/mol. The van der Waals surface area contributed by atoms with Gasteiger partial charge in [0.25, 0.3) is 0 Å². The van der Waals surface area contributed by atoms with Crippen LogP contribution in [0.2, 0.25) is 0 Å². The van der Waals surface area contributed by atoms with E-state index in [4.69, 9.17) is 10.2 Å². The first kappa shape index (κ1) is 17.9. The number of anilines is 1. The average molecular weight is 352 g/mol. The number of hydrogen-bond acceptors (Lipinski definition) is 5. The van der Waals surface area contributed by atoms with E-state index in [0.29, 0.717) is 12.2 Å². The third kappa shape index (κ3) is 5.04. The molecule has 3 N–H and O–H groups in total. The Kier molecular flexibility index (Phi) is 6.28. The number of nitrogens with one attached hydrogen (secondary N) is 1. The van der Waals surface area contributed by atoms with Crippen molar-refractivity contribution in [1.82, 2.24) is 5.32 Å². The second-order valence-corrected chi connectivity index (χ2v) is 5.92. The summed E-state index contributed by atoms with van der Waals surface area (Å²) < 4.78 is 14.1. The first-order valence-corrected chi connectivity index (χ1v) is 8.11. The highest BCUT2D eigenvalue weighted by atomic mass is 32.1. The summed E-state index contributed by atoms with van der Waals surface area (Å²) in [6.45, 7) is 4.11. The maximum atomic E-state index is 13.1. The maximum Gasteiger partial charge on any atom is 0.328 e. The average Bonchev–Trinajstić information content (AvgIpc) is 2.97. The second-order valence-electron chi connectivity index (χ2n) is 5.01. The summed E-state index contributed by atoms with van der Waals surface area (Å²) in [7, 11) is 0. The van der Waals surface area contributed by atoms with Crippen molar-refractivity contribution in [3.05, 3.63) is 41.5 Å². The highest BCUT2D eigenvalue weighted by Crippen LogP contribution is 2.33. The summed E-state index contributed by atoms with van der Waals surface area (Å²) in [5.74, 6) is -2.67.